The molecule has 0 aliphatic carbocycles. The maximum absolute atomic E-state index is 11.9. The average Bonchev–Trinajstić information content (AvgIpc) is 3.18. The molecule has 0 aliphatic heterocycles. The molecule has 1 aromatic heterocycles. The van der Waals surface area contributed by atoms with Crippen molar-refractivity contribution in [2.24, 2.45) is 0 Å². The van der Waals surface area contributed by atoms with Crippen LogP contribution >= 0.6 is 0 Å². The van der Waals surface area contributed by atoms with Crippen LogP contribution in [0.4, 0.5) is 17.1 Å². The zero-order chi connectivity index (χ0) is 17.6. The van der Waals surface area contributed by atoms with Gasteiger partial charge in [-0.05, 0) is 48.5 Å². The second kappa shape index (κ2) is 7.35. The number of furan rings is 1. The van der Waals surface area contributed by atoms with Gasteiger partial charge in [-0.3, -0.25) is 4.79 Å². The van der Waals surface area contributed by atoms with Gasteiger partial charge >= 0.3 is 5.97 Å². The summed E-state index contributed by atoms with van der Waals surface area (Å²) in [4.78, 5) is 23.7. The van der Waals surface area contributed by atoms with Gasteiger partial charge in [0.1, 0.15) is 0 Å². The maximum atomic E-state index is 11.9. The van der Waals surface area contributed by atoms with E-state index in [0.717, 1.165) is 5.69 Å². The first-order valence-electron chi connectivity index (χ1n) is 7.56. The van der Waals surface area contributed by atoms with Crippen molar-refractivity contribution < 1.29 is 18.7 Å². The minimum atomic E-state index is -0.412. The molecule has 1 heterocycles. The Morgan fingerprint density at radius 1 is 0.920 bits per heavy atom. The number of carbonyl (C=O) groups is 2. The van der Waals surface area contributed by atoms with Crippen molar-refractivity contribution >= 4 is 28.9 Å². The molecule has 0 unspecified atom stereocenters. The van der Waals surface area contributed by atoms with E-state index in [4.69, 9.17) is 9.15 Å². The minimum absolute atomic E-state index is 0.245. The van der Waals surface area contributed by atoms with Crippen LogP contribution in [0, 0.1) is 0 Å². The highest BCUT2D eigenvalue weighted by atomic mass is 16.5. The van der Waals surface area contributed by atoms with Crippen molar-refractivity contribution in [2.75, 3.05) is 17.7 Å². The van der Waals surface area contributed by atoms with Gasteiger partial charge in [-0.25, -0.2) is 4.79 Å². The van der Waals surface area contributed by atoms with E-state index in [0.29, 0.717) is 16.9 Å². The fraction of sp³-hybridized carbons (Fsp3) is 0.0526. The highest BCUT2D eigenvalue weighted by Crippen LogP contribution is 2.23. The number of amides is 1. The molecule has 3 aromatic rings. The Morgan fingerprint density at radius 2 is 1.64 bits per heavy atom. The Morgan fingerprint density at radius 3 is 2.32 bits per heavy atom. The summed E-state index contributed by atoms with van der Waals surface area (Å²) in [6.07, 6.45) is 1.45. The number of benzene rings is 2. The molecule has 25 heavy (non-hydrogen) atoms. The summed E-state index contributed by atoms with van der Waals surface area (Å²) >= 11 is 0. The van der Waals surface area contributed by atoms with Crippen LogP contribution in [-0.4, -0.2) is 19.0 Å². The molecular formula is C19H16N2O4. The third kappa shape index (κ3) is 3.87. The molecule has 0 atom stereocenters. The summed E-state index contributed by atoms with van der Waals surface area (Å²) < 4.78 is 9.83. The molecule has 0 saturated heterocycles. The number of esters is 1. The van der Waals surface area contributed by atoms with Gasteiger partial charge in [-0.15, -0.1) is 0 Å². The standard InChI is InChI=1S/C19H16N2O4/c1-24-19(23)15-5-2-3-6-16(15)20-13-8-10-14(11-9-13)21-18(22)17-7-4-12-25-17/h2-12,20H,1H3,(H,21,22). The van der Waals surface area contributed by atoms with Crippen molar-refractivity contribution in [2.45, 2.75) is 0 Å². The van der Waals surface area contributed by atoms with Crippen LogP contribution in [0.1, 0.15) is 20.9 Å². The number of methoxy groups -OCH3 is 1. The molecule has 6 nitrogen and oxygen atoms in total. The molecule has 0 saturated carbocycles. The summed E-state index contributed by atoms with van der Waals surface area (Å²) in [5.41, 5.74) is 2.49. The van der Waals surface area contributed by atoms with E-state index >= 15 is 0 Å². The SMILES string of the molecule is COC(=O)c1ccccc1Nc1ccc(NC(=O)c2ccco2)cc1. The van der Waals surface area contributed by atoms with Gasteiger partial charge in [-0.1, -0.05) is 12.1 Å². The Bertz CT molecular complexity index is 871. The van der Waals surface area contributed by atoms with Crippen molar-refractivity contribution in [1.82, 2.24) is 0 Å². The quantitative estimate of drug-likeness (QED) is 0.687. The highest BCUT2D eigenvalue weighted by Gasteiger charge is 2.11. The lowest BCUT2D eigenvalue weighted by molar-refractivity contribution is 0.0601. The lowest BCUT2D eigenvalue weighted by atomic mass is 10.1. The molecule has 0 spiro atoms. The first-order valence-corrected chi connectivity index (χ1v) is 7.56. The van der Waals surface area contributed by atoms with Crippen LogP contribution in [0.3, 0.4) is 0 Å². The Labute approximate surface area is 144 Å². The number of nitrogens with one attached hydrogen (secondary N) is 2. The summed E-state index contributed by atoms with van der Waals surface area (Å²) in [5.74, 6) is -0.485. The molecule has 126 valence electrons. The lowest BCUT2D eigenvalue weighted by Gasteiger charge is -2.11. The van der Waals surface area contributed by atoms with Crippen LogP contribution < -0.4 is 10.6 Å². The number of anilines is 3. The van der Waals surface area contributed by atoms with Gasteiger partial charge in [0.05, 0.1) is 24.6 Å². The molecule has 2 N–H and O–H groups in total. The average molecular weight is 336 g/mol. The summed E-state index contributed by atoms with van der Waals surface area (Å²) in [6.45, 7) is 0. The zero-order valence-corrected chi connectivity index (χ0v) is 13.5. The molecule has 0 bridgehead atoms. The van der Waals surface area contributed by atoms with Crippen LogP contribution in [0.2, 0.25) is 0 Å². The van der Waals surface area contributed by atoms with E-state index in [-0.39, 0.29) is 11.7 Å². The largest absolute Gasteiger partial charge is 0.465 e. The number of rotatable bonds is 5. The fourth-order valence-corrected chi connectivity index (χ4v) is 2.27. The summed E-state index contributed by atoms with van der Waals surface area (Å²) in [5, 5.41) is 5.90. The zero-order valence-electron chi connectivity index (χ0n) is 13.5. The van der Waals surface area contributed by atoms with Gasteiger partial charge < -0.3 is 19.8 Å². The summed E-state index contributed by atoms with van der Waals surface area (Å²) in [7, 11) is 1.34. The smallest absolute Gasteiger partial charge is 0.339 e. The number of hydrogen-bond acceptors (Lipinski definition) is 5. The number of carbonyl (C=O) groups excluding carboxylic acids is 2. The molecule has 2 aromatic carbocycles. The van der Waals surface area contributed by atoms with Crippen LogP contribution in [0.15, 0.2) is 71.3 Å². The van der Waals surface area contributed by atoms with E-state index in [2.05, 4.69) is 10.6 Å². The monoisotopic (exact) mass is 336 g/mol. The predicted octanol–water partition coefficient (Wildman–Crippen LogP) is 4.06. The van der Waals surface area contributed by atoms with Gasteiger partial charge in [0.2, 0.25) is 0 Å². The Hall–Kier alpha value is -3.54. The third-order valence-electron chi connectivity index (χ3n) is 3.50. The van der Waals surface area contributed by atoms with E-state index in [1.807, 2.05) is 6.07 Å². The van der Waals surface area contributed by atoms with Crippen molar-refractivity contribution in [3.63, 3.8) is 0 Å². The first-order chi connectivity index (χ1) is 12.2. The lowest BCUT2D eigenvalue weighted by Crippen LogP contribution is -2.10. The van der Waals surface area contributed by atoms with Gasteiger partial charge in [0.25, 0.3) is 5.91 Å². The van der Waals surface area contributed by atoms with E-state index < -0.39 is 5.97 Å². The third-order valence-corrected chi connectivity index (χ3v) is 3.50. The maximum Gasteiger partial charge on any atom is 0.339 e. The van der Waals surface area contributed by atoms with Gasteiger partial charge in [0, 0.05) is 11.4 Å². The molecule has 6 heteroatoms. The Balaban J connectivity index is 1.71. The molecule has 0 aliphatic rings. The second-order valence-electron chi connectivity index (χ2n) is 5.17. The molecule has 3 rings (SSSR count). The van der Waals surface area contributed by atoms with Crippen LogP contribution in [-0.2, 0) is 4.74 Å². The molecule has 1 amide bonds. The van der Waals surface area contributed by atoms with Crippen molar-refractivity contribution in [1.29, 1.82) is 0 Å². The topological polar surface area (TPSA) is 80.6 Å². The van der Waals surface area contributed by atoms with Gasteiger partial charge in [-0.2, -0.15) is 0 Å². The number of hydrogen-bond donors (Lipinski definition) is 2. The normalized spacial score (nSPS) is 10.1. The molecular weight excluding hydrogens is 320 g/mol. The fourth-order valence-electron chi connectivity index (χ4n) is 2.27. The number of ether oxygens (including phenoxy) is 1. The molecule has 0 fully saturated rings. The van der Waals surface area contributed by atoms with Crippen molar-refractivity contribution in [3.05, 3.63) is 78.3 Å². The molecule has 0 radical (unpaired) electrons. The number of para-hydroxylation sites is 1. The van der Waals surface area contributed by atoms with Crippen LogP contribution in [0.5, 0.6) is 0 Å². The van der Waals surface area contributed by atoms with E-state index in [1.54, 1.807) is 54.6 Å². The minimum Gasteiger partial charge on any atom is -0.465 e. The first kappa shape index (κ1) is 16.3. The van der Waals surface area contributed by atoms with Gasteiger partial charge in [0.15, 0.2) is 5.76 Å². The predicted molar refractivity (Wildman–Crippen MR) is 94.2 cm³/mol. The second-order valence-corrected chi connectivity index (χ2v) is 5.17. The summed E-state index contributed by atoms with van der Waals surface area (Å²) in [6, 6.07) is 17.4. The highest BCUT2D eigenvalue weighted by molar-refractivity contribution is 6.02. The van der Waals surface area contributed by atoms with E-state index in [9.17, 15) is 9.59 Å². The Kier molecular flexibility index (Phi) is 4.80. The van der Waals surface area contributed by atoms with E-state index in [1.165, 1.54) is 13.4 Å². The van der Waals surface area contributed by atoms with Crippen molar-refractivity contribution in [3.8, 4) is 0 Å². The van der Waals surface area contributed by atoms with Crippen LogP contribution in [0.25, 0.3) is 0 Å².